The Hall–Kier alpha value is -2.00. The number of carbonyl (C=O) groups excluding carboxylic acids is 1. The van der Waals surface area contributed by atoms with Gasteiger partial charge in [0.2, 0.25) is 5.13 Å². The molecule has 5 nitrogen and oxygen atoms in total. The van der Waals surface area contributed by atoms with Gasteiger partial charge in [-0.2, -0.15) is 0 Å². The third-order valence-corrected chi connectivity index (χ3v) is 5.13. The molecule has 1 heterocycles. The van der Waals surface area contributed by atoms with Gasteiger partial charge in [0, 0.05) is 15.6 Å². The van der Waals surface area contributed by atoms with Crippen molar-refractivity contribution in [3.05, 3.63) is 68.2 Å². The molecule has 0 aliphatic rings. The summed E-state index contributed by atoms with van der Waals surface area (Å²) in [6.07, 6.45) is 1.65. The number of halogens is 1. The standard InChI is InChI=1S/C18H16IN3O2S/c1-24-15-8-5-12(6-9-15)7-10-16-21-22-18(25-16)20-17(23)13-3-2-4-14(19)11-13/h2-6,8-9,11H,7,10H2,1H3,(H,20,22,23). The summed E-state index contributed by atoms with van der Waals surface area (Å²) >= 11 is 3.59. The van der Waals surface area contributed by atoms with E-state index in [4.69, 9.17) is 4.74 Å². The largest absolute Gasteiger partial charge is 0.497 e. The average Bonchev–Trinajstić information content (AvgIpc) is 3.08. The first-order valence-electron chi connectivity index (χ1n) is 7.66. The maximum atomic E-state index is 12.2. The van der Waals surface area contributed by atoms with Gasteiger partial charge in [0.1, 0.15) is 10.8 Å². The average molecular weight is 465 g/mol. The Bertz CT molecular complexity index is 865. The van der Waals surface area contributed by atoms with Crippen molar-refractivity contribution in [2.45, 2.75) is 12.8 Å². The van der Waals surface area contributed by atoms with Gasteiger partial charge in [0.25, 0.3) is 5.91 Å². The molecule has 3 rings (SSSR count). The SMILES string of the molecule is COc1ccc(CCc2nnc(NC(=O)c3cccc(I)c3)s2)cc1. The molecule has 0 spiro atoms. The maximum absolute atomic E-state index is 12.2. The topological polar surface area (TPSA) is 64.1 Å². The molecule has 0 aliphatic carbocycles. The number of hydrogen-bond acceptors (Lipinski definition) is 5. The summed E-state index contributed by atoms with van der Waals surface area (Å²) in [5.74, 6) is 0.677. The van der Waals surface area contributed by atoms with Gasteiger partial charge in [-0.05, 0) is 64.9 Å². The van der Waals surface area contributed by atoms with Crippen LogP contribution in [0.5, 0.6) is 5.75 Å². The second-order valence-electron chi connectivity index (χ2n) is 5.31. The van der Waals surface area contributed by atoms with E-state index in [0.717, 1.165) is 27.2 Å². The van der Waals surface area contributed by atoms with Crippen molar-refractivity contribution < 1.29 is 9.53 Å². The zero-order chi connectivity index (χ0) is 17.6. The monoisotopic (exact) mass is 465 g/mol. The lowest BCUT2D eigenvalue weighted by atomic mass is 10.1. The molecule has 3 aromatic rings. The highest BCUT2D eigenvalue weighted by atomic mass is 127. The lowest BCUT2D eigenvalue weighted by Gasteiger charge is -2.02. The first-order chi connectivity index (χ1) is 12.1. The van der Waals surface area contributed by atoms with Crippen molar-refractivity contribution in [2.75, 3.05) is 12.4 Å². The molecular weight excluding hydrogens is 449 g/mol. The Kier molecular flexibility index (Phi) is 5.98. The molecule has 0 saturated carbocycles. The van der Waals surface area contributed by atoms with E-state index in [0.29, 0.717) is 10.7 Å². The van der Waals surface area contributed by atoms with Gasteiger partial charge in [-0.15, -0.1) is 10.2 Å². The third-order valence-electron chi connectivity index (χ3n) is 3.56. The highest BCUT2D eigenvalue weighted by Gasteiger charge is 2.10. The molecule has 2 aromatic carbocycles. The molecular formula is C18H16IN3O2S. The smallest absolute Gasteiger partial charge is 0.257 e. The Balaban J connectivity index is 1.57. The molecule has 1 aromatic heterocycles. The molecule has 0 atom stereocenters. The Morgan fingerprint density at radius 3 is 2.68 bits per heavy atom. The number of carbonyl (C=O) groups is 1. The Morgan fingerprint density at radius 1 is 1.16 bits per heavy atom. The van der Waals surface area contributed by atoms with E-state index in [1.165, 1.54) is 16.9 Å². The number of aromatic nitrogens is 2. The quantitative estimate of drug-likeness (QED) is 0.555. The Labute approximate surface area is 163 Å². The number of amides is 1. The van der Waals surface area contributed by atoms with Gasteiger partial charge in [0.15, 0.2) is 0 Å². The van der Waals surface area contributed by atoms with Crippen LogP contribution in [-0.4, -0.2) is 23.2 Å². The molecule has 7 heteroatoms. The molecule has 0 bridgehead atoms. The van der Waals surface area contributed by atoms with E-state index in [9.17, 15) is 4.79 Å². The summed E-state index contributed by atoms with van der Waals surface area (Å²) < 4.78 is 6.17. The molecule has 0 radical (unpaired) electrons. The fourth-order valence-corrected chi connectivity index (χ4v) is 3.53. The fraction of sp³-hybridized carbons (Fsp3) is 0.167. The fourth-order valence-electron chi connectivity index (χ4n) is 2.25. The van der Waals surface area contributed by atoms with Crippen LogP contribution in [0.2, 0.25) is 0 Å². The van der Waals surface area contributed by atoms with Crippen molar-refractivity contribution in [2.24, 2.45) is 0 Å². The van der Waals surface area contributed by atoms with E-state index in [2.05, 4.69) is 38.1 Å². The molecule has 1 N–H and O–H groups in total. The molecule has 1 amide bonds. The predicted octanol–water partition coefficient (Wildman–Crippen LogP) is 4.19. The summed E-state index contributed by atoms with van der Waals surface area (Å²) in [5, 5.41) is 12.4. The molecule has 128 valence electrons. The molecule has 0 unspecified atom stereocenters. The number of rotatable bonds is 6. The first-order valence-corrected chi connectivity index (χ1v) is 9.56. The molecule has 0 fully saturated rings. The molecule has 0 aliphatic heterocycles. The summed E-state index contributed by atoms with van der Waals surface area (Å²) in [5.41, 5.74) is 1.82. The number of nitrogens with zero attached hydrogens (tertiary/aromatic N) is 2. The van der Waals surface area contributed by atoms with Crippen LogP contribution in [0.4, 0.5) is 5.13 Å². The van der Waals surface area contributed by atoms with Crippen LogP contribution in [0, 0.1) is 3.57 Å². The van der Waals surface area contributed by atoms with E-state index < -0.39 is 0 Å². The van der Waals surface area contributed by atoms with Crippen LogP contribution in [0.25, 0.3) is 0 Å². The Morgan fingerprint density at radius 2 is 1.96 bits per heavy atom. The lowest BCUT2D eigenvalue weighted by Crippen LogP contribution is -2.11. The predicted molar refractivity (Wildman–Crippen MR) is 107 cm³/mol. The van der Waals surface area contributed by atoms with Crippen molar-refractivity contribution >= 4 is 45.0 Å². The van der Waals surface area contributed by atoms with Crippen LogP contribution in [0.1, 0.15) is 20.9 Å². The number of benzene rings is 2. The number of aryl methyl sites for hydroxylation is 2. The van der Waals surface area contributed by atoms with Crippen molar-refractivity contribution in [1.82, 2.24) is 10.2 Å². The second-order valence-corrected chi connectivity index (χ2v) is 7.62. The van der Waals surface area contributed by atoms with Gasteiger partial charge in [-0.25, -0.2) is 0 Å². The third kappa shape index (κ3) is 4.99. The van der Waals surface area contributed by atoms with E-state index in [-0.39, 0.29) is 5.91 Å². The minimum absolute atomic E-state index is 0.170. The minimum Gasteiger partial charge on any atom is -0.497 e. The first kappa shape index (κ1) is 17.8. The zero-order valence-electron chi connectivity index (χ0n) is 13.5. The summed E-state index contributed by atoms with van der Waals surface area (Å²) in [6, 6.07) is 15.4. The van der Waals surface area contributed by atoms with Crippen LogP contribution < -0.4 is 10.1 Å². The van der Waals surface area contributed by atoms with Crippen molar-refractivity contribution in [3.63, 3.8) is 0 Å². The zero-order valence-corrected chi connectivity index (χ0v) is 16.5. The number of nitrogens with one attached hydrogen (secondary N) is 1. The summed E-state index contributed by atoms with van der Waals surface area (Å²) in [6.45, 7) is 0. The maximum Gasteiger partial charge on any atom is 0.257 e. The number of anilines is 1. The van der Waals surface area contributed by atoms with Gasteiger partial charge in [-0.1, -0.05) is 29.5 Å². The summed E-state index contributed by atoms with van der Waals surface area (Å²) in [7, 11) is 1.66. The van der Waals surface area contributed by atoms with Crippen molar-refractivity contribution in [1.29, 1.82) is 0 Å². The van der Waals surface area contributed by atoms with Gasteiger partial charge >= 0.3 is 0 Å². The van der Waals surface area contributed by atoms with Crippen molar-refractivity contribution in [3.8, 4) is 5.75 Å². The van der Waals surface area contributed by atoms with Crippen LogP contribution in [-0.2, 0) is 12.8 Å². The highest BCUT2D eigenvalue weighted by molar-refractivity contribution is 14.1. The van der Waals surface area contributed by atoms with Crippen LogP contribution in [0.3, 0.4) is 0 Å². The van der Waals surface area contributed by atoms with Crippen LogP contribution >= 0.6 is 33.9 Å². The van der Waals surface area contributed by atoms with E-state index in [1.54, 1.807) is 13.2 Å². The van der Waals surface area contributed by atoms with E-state index >= 15 is 0 Å². The normalized spacial score (nSPS) is 10.5. The number of methoxy groups -OCH3 is 1. The van der Waals surface area contributed by atoms with Gasteiger partial charge in [-0.3, -0.25) is 10.1 Å². The summed E-state index contributed by atoms with van der Waals surface area (Å²) in [4.78, 5) is 12.2. The molecule has 25 heavy (non-hydrogen) atoms. The highest BCUT2D eigenvalue weighted by Crippen LogP contribution is 2.19. The minimum atomic E-state index is -0.170. The lowest BCUT2D eigenvalue weighted by molar-refractivity contribution is 0.102. The number of hydrogen-bond donors (Lipinski definition) is 1. The van der Waals surface area contributed by atoms with Crippen LogP contribution in [0.15, 0.2) is 48.5 Å². The number of ether oxygens (including phenoxy) is 1. The second kappa shape index (κ2) is 8.39. The van der Waals surface area contributed by atoms with E-state index in [1.807, 2.05) is 42.5 Å². The van der Waals surface area contributed by atoms with Gasteiger partial charge in [0.05, 0.1) is 7.11 Å². The molecule has 0 saturated heterocycles. The van der Waals surface area contributed by atoms with Gasteiger partial charge < -0.3 is 4.74 Å².